The minimum atomic E-state index is -0.0633. The van der Waals surface area contributed by atoms with Crippen LogP contribution in [0, 0.1) is 0 Å². The number of carbonyl (C=O) groups excluding carboxylic acids is 2. The predicted octanol–water partition coefficient (Wildman–Crippen LogP) is 1.86. The van der Waals surface area contributed by atoms with Gasteiger partial charge in [0.2, 0.25) is 5.91 Å². The van der Waals surface area contributed by atoms with Crippen LogP contribution in [0.1, 0.15) is 47.7 Å². The highest BCUT2D eigenvalue weighted by Crippen LogP contribution is 2.23. The summed E-state index contributed by atoms with van der Waals surface area (Å²) in [5, 5.41) is 5.88. The van der Waals surface area contributed by atoms with Gasteiger partial charge in [-0.15, -0.1) is 0 Å². The van der Waals surface area contributed by atoms with Crippen molar-refractivity contribution in [2.24, 2.45) is 0 Å². The lowest BCUT2D eigenvalue weighted by Gasteiger charge is -2.11. The lowest BCUT2D eigenvalue weighted by molar-refractivity contribution is -0.121. The lowest BCUT2D eigenvalue weighted by atomic mass is 10.0. The van der Waals surface area contributed by atoms with Crippen LogP contribution in [0.25, 0.3) is 0 Å². The fraction of sp³-hybridized carbons (Fsp3) is 0.529. The fourth-order valence-electron chi connectivity index (χ4n) is 2.57. The van der Waals surface area contributed by atoms with Gasteiger partial charge in [-0.2, -0.15) is 0 Å². The molecule has 1 aliphatic carbocycles. The summed E-state index contributed by atoms with van der Waals surface area (Å²) >= 11 is 0. The third-order valence-electron chi connectivity index (χ3n) is 4.10. The van der Waals surface area contributed by atoms with Crippen molar-refractivity contribution in [2.75, 3.05) is 13.6 Å². The summed E-state index contributed by atoms with van der Waals surface area (Å²) in [4.78, 5) is 23.8. The quantitative estimate of drug-likeness (QED) is 0.753. The molecule has 1 amide bonds. The topological polar surface area (TPSA) is 58.2 Å². The third-order valence-corrected chi connectivity index (χ3v) is 4.10. The van der Waals surface area contributed by atoms with Crippen LogP contribution in [0.2, 0.25) is 0 Å². The number of rotatable bonds is 7. The van der Waals surface area contributed by atoms with Crippen LogP contribution in [0.5, 0.6) is 0 Å². The van der Waals surface area contributed by atoms with Crippen LogP contribution in [-0.2, 0) is 17.6 Å². The molecule has 4 heteroatoms. The molecule has 0 radical (unpaired) electrons. The number of hydrogen-bond donors (Lipinski definition) is 2. The average Bonchev–Trinajstić information content (AvgIpc) is 2.97. The Kier molecular flexibility index (Phi) is 5.51. The van der Waals surface area contributed by atoms with E-state index in [2.05, 4.69) is 16.7 Å². The molecule has 0 saturated heterocycles. The molecule has 0 spiro atoms. The highest BCUT2D eigenvalue weighted by atomic mass is 16.2. The molecule has 1 aromatic carbocycles. The minimum Gasteiger partial charge on any atom is -0.355 e. The molecule has 0 saturated carbocycles. The molecule has 1 unspecified atom stereocenters. The standard InChI is InChI=1S/C17H24N2O2/c1-12(18-2)11-19-17(21)9-8-16(20)15-7-6-13-4-3-5-14(13)10-15/h6-7,10,12,18H,3-5,8-9,11H2,1-2H3,(H,19,21). The second-order valence-corrected chi connectivity index (χ2v) is 5.75. The van der Waals surface area contributed by atoms with Gasteiger partial charge in [0.1, 0.15) is 0 Å². The van der Waals surface area contributed by atoms with Crippen molar-refractivity contribution in [1.29, 1.82) is 0 Å². The van der Waals surface area contributed by atoms with E-state index < -0.39 is 0 Å². The summed E-state index contributed by atoms with van der Waals surface area (Å²) in [6.07, 6.45) is 3.90. The van der Waals surface area contributed by atoms with E-state index in [0.29, 0.717) is 6.54 Å². The van der Waals surface area contributed by atoms with E-state index in [1.54, 1.807) is 0 Å². The first-order valence-corrected chi connectivity index (χ1v) is 7.69. The van der Waals surface area contributed by atoms with E-state index in [0.717, 1.165) is 18.4 Å². The van der Waals surface area contributed by atoms with Crippen molar-refractivity contribution in [1.82, 2.24) is 10.6 Å². The van der Waals surface area contributed by atoms with Gasteiger partial charge in [-0.3, -0.25) is 9.59 Å². The highest BCUT2D eigenvalue weighted by molar-refractivity contribution is 5.98. The normalized spacial score (nSPS) is 14.6. The summed E-state index contributed by atoms with van der Waals surface area (Å²) in [5.74, 6) is -0.00637. The van der Waals surface area contributed by atoms with Gasteiger partial charge in [0.25, 0.3) is 0 Å². The monoisotopic (exact) mass is 288 g/mol. The number of aryl methyl sites for hydroxylation is 2. The molecule has 0 aromatic heterocycles. The third kappa shape index (κ3) is 4.39. The van der Waals surface area contributed by atoms with E-state index >= 15 is 0 Å². The summed E-state index contributed by atoms with van der Waals surface area (Å²) in [6, 6.07) is 6.20. The molecule has 1 atom stereocenters. The number of ketones is 1. The van der Waals surface area contributed by atoms with Crippen molar-refractivity contribution >= 4 is 11.7 Å². The Morgan fingerprint density at radius 3 is 2.71 bits per heavy atom. The SMILES string of the molecule is CNC(C)CNC(=O)CCC(=O)c1ccc2c(c1)CCC2. The smallest absolute Gasteiger partial charge is 0.220 e. The second-order valence-electron chi connectivity index (χ2n) is 5.75. The first kappa shape index (κ1) is 15.7. The Morgan fingerprint density at radius 1 is 1.19 bits per heavy atom. The van der Waals surface area contributed by atoms with Gasteiger partial charge >= 0.3 is 0 Å². The molecule has 21 heavy (non-hydrogen) atoms. The van der Waals surface area contributed by atoms with E-state index in [4.69, 9.17) is 0 Å². The van der Waals surface area contributed by atoms with Crippen LogP contribution >= 0.6 is 0 Å². The molecular weight excluding hydrogens is 264 g/mol. The van der Waals surface area contributed by atoms with Gasteiger partial charge in [0.15, 0.2) is 5.78 Å². The van der Waals surface area contributed by atoms with E-state index in [-0.39, 0.29) is 30.6 Å². The molecule has 0 fully saturated rings. The summed E-state index contributed by atoms with van der Waals surface area (Å²) in [7, 11) is 1.86. The van der Waals surface area contributed by atoms with Gasteiger partial charge in [0.05, 0.1) is 0 Å². The number of amides is 1. The number of Topliss-reactive ketones (excluding diaryl/α,β-unsaturated/α-hetero) is 1. The first-order valence-electron chi connectivity index (χ1n) is 7.69. The van der Waals surface area contributed by atoms with Gasteiger partial charge in [-0.05, 0) is 50.4 Å². The van der Waals surface area contributed by atoms with Gasteiger partial charge in [0, 0.05) is 31.0 Å². The molecule has 4 nitrogen and oxygen atoms in total. The maximum atomic E-state index is 12.2. The number of hydrogen-bond acceptors (Lipinski definition) is 3. The van der Waals surface area contributed by atoms with Crippen molar-refractivity contribution in [2.45, 2.75) is 45.1 Å². The Hall–Kier alpha value is -1.68. The van der Waals surface area contributed by atoms with Crippen molar-refractivity contribution in [3.05, 3.63) is 34.9 Å². The molecule has 2 N–H and O–H groups in total. The number of nitrogens with one attached hydrogen (secondary N) is 2. The summed E-state index contributed by atoms with van der Waals surface area (Å²) in [5.41, 5.74) is 3.41. The number of benzene rings is 1. The lowest BCUT2D eigenvalue weighted by Crippen LogP contribution is -2.37. The second kappa shape index (κ2) is 7.36. The predicted molar refractivity (Wildman–Crippen MR) is 83.6 cm³/mol. The summed E-state index contributed by atoms with van der Waals surface area (Å²) < 4.78 is 0. The van der Waals surface area contributed by atoms with E-state index in [9.17, 15) is 9.59 Å². The van der Waals surface area contributed by atoms with Crippen LogP contribution in [0.3, 0.4) is 0 Å². The number of likely N-dealkylation sites (N-methyl/N-ethyl adjacent to an activating group) is 1. The molecule has 0 bridgehead atoms. The van der Waals surface area contributed by atoms with E-state index in [1.807, 2.05) is 26.1 Å². The maximum absolute atomic E-state index is 12.2. The molecular formula is C17H24N2O2. The van der Waals surface area contributed by atoms with E-state index in [1.165, 1.54) is 17.5 Å². The van der Waals surface area contributed by atoms with Gasteiger partial charge in [-0.25, -0.2) is 0 Å². The molecule has 0 aliphatic heterocycles. The Morgan fingerprint density at radius 2 is 1.95 bits per heavy atom. The van der Waals surface area contributed by atoms with Crippen LogP contribution in [0.4, 0.5) is 0 Å². The first-order chi connectivity index (χ1) is 10.1. The molecule has 1 aliphatic rings. The summed E-state index contributed by atoms with van der Waals surface area (Å²) in [6.45, 7) is 2.58. The largest absolute Gasteiger partial charge is 0.355 e. The van der Waals surface area contributed by atoms with Crippen molar-refractivity contribution in [3.8, 4) is 0 Å². The number of carbonyl (C=O) groups is 2. The van der Waals surface area contributed by atoms with Crippen LogP contribution < -0.4 is 10.6 Å². The number of fused-ring (bicyclic) bond motifs is 1. The van der Waals surface area contributed by atoms with Gasteiger partial charge in [-0.1, -0.05) is 12.1 Å². The van der Waals surface area contributed by atoms with Crippen molar-refractivity contribution in [3.63, 3.8) is 0 Å². The Balaban J connectivity index is 1.80. The Bertz CT molecular complexity index is 526. The van der Waals surface area contributed by atoms with Crippen LogP contribution in [0.15, 0.2) is 18.2 Å². The zero-order valence-electron chi connectivity index (χ0n) is 12.9. The highest BCUT2D eigenvalue weighted by Gasteiger charge is 2.15. The fourth-order valence-corrected chi connectivity index (χ4v) is 2.57. The van der Waals surface area contributed by atoms with Gasteiger partial charge < -0.3 is 10.6 Å². The molecule has 2 rings (SSSR count). The van der Waals surface area contributed by atoms with Crippen molar-refractivity contribution < 1.29 is 9.59 Å². The minimum absolute atomic E-state index is 0.0570. The average molecular weight is 288 g/mol. The Labute approximate surface area is 126 Å². The maximum Gasteiger partial charge on any atom is 0.220 e. The molecule has 0 heterocycles. The zero-order valence-corrected chi connectivity index (χ0v) is 12.9. The molecule has 114 valence electrons. The van der Waals surface area contributed by atoms with Crippen LogP contribution in [-0.4, -0.2) is 31.3 Å². The molecule has 1 aromatic rings. The zero-order chi connectivity index (χ0) is 15.2.